The number of nitrogens with zero attached hydrogens (tertiary/aromatic N) is 1. The number of amides is 1. The van der Waals surface area contributed by atoms with Gasteiger partial charge in [0.15, 0.2) is 6.61 Å². The molecule has 1 amide bonds. The van der Waals surface area contributed by atoms with Gasteiger partial charge in [-0.25, -0.2) is 0 Å². The molecule has 3 rings (SSSR count). The first-order chi connectivity index (χ1) is 10.2. The van der Waals surface area contributed by atoms with Crippen molar-refractivity contribution < 1.29 is 14.3 Å². The number of carbonyl (C=O) groups is 1. The van der Waals surface area contributed by atoms with E-state index in [4.69, 9.17) is 15.2 Å². The Hall–Kier alpha value is -1.75. The van der Waals surface area contributed by atoms with E-state index < -0.39 is 0 Å². The maximum atomic E-state index is 12.2. The molecule has 0 aliphatic carbocycles. The van der Waals surface area contributed by atoms with E-state index in [9.17, 15) is 4.79 Å². The van der Waals surface area contributed by atoms with Gasteiger partial charge in [0.25, 0.3) is 5.91 Å². The van der Waals surface area contributed by atoms with E-state index in [0.29, 0.717) is 12.4 Å². The second-order valence-corrected chi connectivity index (χ2v) is 5.70. The van der Waals surface area contributed by atoms with Crippen molar-refractivity contribution in [1.82, 2.24) is 4.90 Å². The molecule has 1 unspecified atom stereocenters. The lowest BCUT2D eigenvalue weighted by Gasteiger charge is -2.20. The number of likely N-dealkylation sites (tertiary alicyclic amines) is 1. The third-order valence-corrected chi connectivity index (χ3v) is 4.12. The molecule has 0 saturated carbocycles. The highest BCUT2D eigenvalue weighted by Gasteiger charge is 2.21. The van der Waals surface area contributed by atoms with Crippen molar-refractivity contribution in [3.8, 4) is 11.5 Å². The Morgan fingerprint density at radius 1 is 1.29 bits per heavy atom. The Labute approximate surface area is 125 Å². The predicted octanol–water partition coefficient (Wildman–Crippen LogP) is 1.86. The number of rotatable bonds is 3. The van der Waals surface area contributed by atoms with Crippen LogP contribution in [0.5, 0.6) is 11.5 Å². The lowest BCUT2D eigenvalue weighted by molar-refractivity contribution is -0.133. The van der Waals surface area contributed by atoms with E-state index in [1.165, 1.54) is 12.8 Å². The van der Waals surface area contributed by atoms with Gasteiger partial charge in [-0.2, -0.15) is 0 Å². The summed E-state index contributed by atoms with van der Waals surface area (Å²) in [6.45, 7) is 2.30. The highest BCUT2D eigenvalue weighted by molar-refractivity contribution is 5.77. The van der Waals surface area contributed by atoms with Gasteiger partial charge in [-0.05, 0) is 25.0 Å². The number of ether oxygens (including phenoxy) is 2. The van der Waals surface area contributed by atoms with Crippen molar-refractivity contribution >= 4 is 5.91 Å². The van der Waals surface area contributed by atoms with Gasteiger partial charge >= 0.3 is 0 Å². The molecule has 1 saturated heterocycles. The summed E-state index contributed by atoms with van der Waals surface area (Å²) in [4.78, 5) is 14.1. The van der Waals surface area contributed by atoms with E-state index in [0.717, 1.165) is 37.2 Å². The number of benzene rings is 1. The van der Waals surface area contributed by atoms with Crippen LogP contribution in [0.3, 0.4) is 0 Å². The topological polar surface area (TPSA) is 64.8 Å². The van der Waals surface area contributed by atoms with E-state index in [1.54, 1.807) is 0 Å². The van der Waals surface area contributed by atoms with Crippen molar-refractivity contribution in [2.24, 2.45) is 5.73 Å². The molecular formula is C16H22N2O3. The number of fused-ring (bicyclic) bond motifs is 1. The summed E-state index contributed by atoms with van der Waals surface area (Å²) in [6.07, 6.45) is 4.62. The number of hydrogen-bond donors (Lipinski definition) is 1. The molecule has 2 aliphatic heterocycles. The zero-order chi connectivity index (χ0) is 14.7. The predicted molar refractivity (Wildman–Crippen MR) is 79.4 cm³/mol. The van der Waals surface area contributed by atoms with Crippen LogP contribution in [0.1, 0.15) is 37.3 Å². The highest BCUT2D eigenvalue weighted by atomic mass is 16.5. The van der Waals surface area contributed by atoms with Crippen molar-refractivity contribution in [3.05, 3.63) is 23.8 Å². The van der Waals surface area contributed by atoms with Crippen molar-refractivity contribution in [2.45, 2.75) is 31.7 Å². The molecule has 21 heavy (non-hydrogen) atoms. The van der Waals surface area contributed by atoms with Gasteiger partial charge in [-0.15, -0.1) is 0 Å². The minimum Gasteiger partial charge on any atom is -0.491 e. The minimum absolute atomic E-state index is 0.0622. The van der Waals surface area contributed by atoms with Crippen molar-refractivity contribution in [2.75, 3.05) is 26.3 Å². The van der Waals surface area contributed by atoms with Crippen molar-refractivity contribution in [1.29, 1.82) is 0 Å². The third kappa shape index (κ3) is 3.29. The van der Waals surface area contributed by atoms with E-state index >= 15 is 0 Å². The lowest BCUT2D eigenvalue weighted by Crippen LogP contribution is -2.35. The van der Waals surface area contributed by atoms with Crippen molar-refractivity contribution in [3.63, 3.8) is 0 Å². The molecule has 5 heteroatoms. The van der Waals surface area contributed by atoms with E-state index in [-0.39, 0.29) is 18.6 Å². The molecule has 0 spiro atoms. The molecule has 2 N–H and O–H groups in total. The molecule has 0 aromatic heterocycles. The normalized spacial score (nSPS) is 21.4. The van der Waals surface area contributed by atoms with Crippen LogP contribution in [0.2, 0.25) is 0 Å². The second kappa shape index (κ2) is 6.35. The molecule has 0 bridgehead atoms. The quantitative estimate of drug-likeness (QED) is 0.923. The Balaban J connectivity index is 1.56. The molecule has 0 radical (unpaired) electrons. The monoisotopic (exact) mass is 290 g/mol. The van der Waals surface area contributed by atoms with Crippen LogP contribution >= 0.6 is 0 Å². The molecular weight excluding hydrogens is 268 g/mol. The maximum absolute atomic E-state index is 12.2. The first-order valence-corrected chi connectivity index (χ1v) is 7.67. The summed E-state index contributed by atoms with van der Waals surface area (Å²) >= 11 is 0. The molecule has 5 nitrogen and oxygen atoms in total. The van der Waals surface area contributed by atoms with Crippen LogP contribution < -0.4 is 15.2 Å². The van der Waals surface area contributed by atoms with E-state index in [1.807, 2.05) is 23.1 Å². The van der Waals surface area contributed by atoms with Crippen LogP contribution in [0.4, 0.5) is 0 Å². The fourth-order valence-corrected chi connectivity index (χ4v) is 2.86. The van der Waals surface area contributed by atoms with Gasteiger partial charge < -0.3 is 20.1 Å². The van der Waals surface area contributed by atoms with Gasteiger partial charge in [-0.1, -0.05) is 12.8 Å². The Bertz CT molecular complexity index is 510. The zero-order valence-electron chi connectivity index (χ0n) is 12.2. The number of carbonyl (C=O) groups excluding carboxylic acids is 1. The van der Waals surface area contributed by atoms with Crippen LogP contribution in [0, 0.1) is 0 Å². The van der Waals surface area contributed by atoms with Crippen LogP contribution in [0.15, 0.2) is 18.2 Å². The van der Waals surface area contributed by atoms with Gasteiger partial charge in [0.05, 0.1) is 6.04 Å². The molecule has 1 aromatic rings. The Kier molecular flexibility index (Phi) is 4.29. The smallest absolute Gasteiger partial charge is 0.260 e. The van der Waals surface area contributed by atoms with Gasteiger partial charge in [0, 0.05) is 24.7 Å². The summed E-state index contributed by atoms with van der Waals surface area (Å²) in [6, 6.07) is 5.52. The van der Waals surface area contributed by atoms with Gasteiger partial charge in [0.2, 0.25) is 0 Å². The van der Waals surface area contributed by atoms with Crippen LogP contribution in [0.25, 0.3) is 0 Å². The maximum Gasteiger partial charge on any atom is 0.260 e. The summed E-state index contributed by atoms with van der Waals surface area (Å²) < 4.78 is 11.1. The van der Waals surface area contributed by atoms with Gasteiger partial charge in [0.1, 0.15) is 18.1 Å². The summed E-state index contributed by atoms with van der Waals surface area (Å²) in [7, 11) is 0. The second-order valence-electron chi connectivity index (χ2n) is 5.70. The molecule has 2 aliphatic rings. The molecule has 1 fully saturated rings. The van der Waals surface area contributed by atoms with E-state index in [2.05, 4.69) is 0 Å². The fraction of sp³-hybridized carbons (Fsp3) is 0.562. The molecule has 114 valence electrons. The average molecular weight is 290 g/mol. The van der Waals surface area contributed by atoms with Crippen LogP contribution in [-0.4, -0.2) is 37.1 Å². The standard InChI is InChI=1S/C16H22N2O3/c17-14-10-21-15-9-12(5-6-13(14)15)20-11-16(19)18-7-3-1-2-4-8-18/h5-6,9,14H,1-4,7-8,10-11,17H2. The molecule has 1 atom stereocenters. The fourth-order valence-electron chi connectivity index (χ4n) is 2.86. The van der Waals surface area contributed by atoms with Gasteiger partial charge in [-0.3, -0.25) is 4.79 Å². The number of nitrogens with two attached hydrogens (primary N) is 1. The summed E-state index contributed by atoms with van der Waals surface area (Å²) in [5.74, 6) is 1.49. The average Bonchev–Trinajstić information content (AvgIpc) is 2.71. The Morgan fingerprint density at radius 3 is 2.81 bits per heavy atom. The molecule has 2 heterocycles. The first kappa shape index (κ1) is 14.2. The first-order valence-electron chi connectivity index (χ1n) is 7.67. The minimum atomic E-state index is -0.0622. The largest absolute Gasteiger partial charge is 0.491 e. The highest BCUT2D eigenvalue weighted by Crippen LogP contribution is 2.33. The van der Waals surface area contributed by atoms with Crippen LogP contribution in [-0.2, 0) is 4.79 Å². The SMILES string of the molecule is NC1COc2cc(OCC(=O)N3CCCCCC3)ccc21. The Morgan fingerprint density at radius 2 is 2.05 bits per heavy atom. The zero-order valence-corrected chi connectivity index (χ0v) is 12.2. The lowest BCUT2D eigenvalue weighted by atomic mass is 10.1. The summed E-state index contributed by atoms with van der Waals surface area (Å²) in [5.41, 5.74) is 6.91. The third-order valence-electron chi connectivity index (χ3n) is 4.12. The number of hydrogen-bond acceptors (Lipinski definition) is 4. The molecule has 1 aromatic carbocycles. The summed E-state index contributed by atoms with van der Waals surface area (Å²) in [5, 5.41) is 0.